The molecule has 1 saturated carbocycles. The molecule has 1 aliphatic rings. The zero-order valence-electron chi connectivity index (χ0n) is 10.9. The van der Waals surface area contributed by atoms with Gasteiger partial charge in [-0.05, 0) is 32.6 Å². The molecule has 2 heteroatoms. The molecule has 3 atom stereocenters. The van der Waals surface area contributed by atoms with E-state index >= 15 is 0 Å². The molecular weight excluding hydrogens is 198 g/mol. The first-order valence-electron chi connectivity index (χ1n) is 6.43. The lowest BCUT2D eigenvalue weighted by atomic mass is 9.74. The highest BCUT2D eigenvalue weighted by atomic mass is 16.5. The van der Waals surface area contributed by atoms with Crippen molar-refractivity contribution in [1.82, 2.24) is 0 Å². The summed E-state index contributed by atoms with van der Waals surface area (Å²) in [6, 6.07) is 0.0580. The molecule has 1 aliphatic carbocycles. The summed E-state index contributed by atoms with van der Waals surface area (Å²) in [5.74, 6) is 6.73. The predicted molar refractivity (Wildman–Crippen MR) is 68.0 cm³/mol. The van der Waals surface area contributed by atoms with E-state index in [1.807, 2.05) is 6.92 Å². The van der Waals surface area contributed by atoms with Crippen molar-refractivity contribution in [3.63, 3.8) is 0 Å². The van der Waals surface area contributed by atoms with Gasteiger partial charge in [-0.25, -0.2) is 0 Å². The van der Waals surface area contributed by atoms with Crippen molar-refractivity contribution in [2.24, 2.45) is 11.7 Å². The van der Waals surface area contributed by atoms with Gasteiger partial charge in [-0.15, -0.1) is 11.8 Å². The van der Waals surface area contributed by atoms with E-state index in [1.54, 1.807) is 0 Å². The maximum absolute atomic E-state index is 6.29. The fourth-order valence-electron chi connectivity index (χ4n) is 2.80. The number of hydrogen-bond donors (Lipinski definition) is 1. The molecule has 2 N–H and O–H groups in total. The Balaban J connectivity index is 2.72. The molecule has 1 rings (SSSR count). The number of rotatable bonds is 4. The Bertz CT molecular complexity index is 262. The molecule has 0 bridgehead atoms. The molecule has 16 heavy (non-hydrogen) atoms. The summed E-state index contributed by atoms with van der Waals surface area (Å²) < 4.78 is 6.01. The molecule has 0 radical (unpaired) electrons. The van der Waals surface area contributed by atoms with Crippen molar-refractivity contribution in [3.8, 4) is 11.8 Å². The van der Waals surface area contributed by atoms with Crippen LogP contribution in [0.2, 0.25) is 0 Å². The Kier molecular flexibility index (Phi) is 5.31. The maximum atomic E-state index is 6.29. The van der Waals surface area contributed by atoms with Gasteiger partial charge in [-0.3, -0.25) is 0 Å². The van der Waals surface area contributed by atoms with E-state index in [-0.39, 0.29) is 11.6 Å². The first-order valence-corrected chi connectivity index (χ1v) is 6.43. The second-order valence-corrected chi connectivity index (χ2v) is 4.94. The second-order valence-electron chi connectivity index (χ2n) is 4.94. The highest BCUT2D eigenvalue weighted by Gasteiger charge is 2.40. The van der Waals surface area contributed by atoms with Gasteiger partial charge in [0.1, 0.15) is 0 Å². The topological polar surface area (TPSA) is 35.2 Å². The summed E-state index contributed by atoms with van der Waals surface area (Å²) in [5.41, 5.74) is 6.18. The minimum atomic E-state index is -0.115. The van der Waals surface area contributed by atoms with Crippen LogP contribution in [0.25, 0.3) is 0 Å². The van der Waals surface area contributed by atoms with E-state index in [0.717, 1.165) is 31.8 Å². The smallest absolute Gasteiger partial charge is 0.0844 e. The van der Waals surface area contributed by atoms with Crippen LogP contribution in [-0.4, -0.2) is 18.2 Å². The van der Waals surface area contributed by atoms with Gasteiger partial charge in [0.15, 0.2) is 0 Å². The summed E-state index contributed by atoms with van der Waals surface area (Å²) in [6.07, 6.45) is 5.48. The lowest BCUT2D eigenvalue weighted by molar-refractivity contribution is -0.0916. The van der Waals surface area contributed by atoms with Crippen molar-refractivity contribution in [2.75, 3.05) is 6.61 Å². The van der Waals surface area contributed by atoms with Crippen LogP contribution in [0.5, 0.6) is 0 Å². The Hall–Kier alpha value is -0.520. The molecule has 1 fully saturated rings. The number of nitrogens with two attached hydrogens (primary N) is 1. The van der Waals surface area contributed by atoms with Gasteiger partial charge in [-0.2, -0.15) is 0 Å². The van der Waals surface area contributed by atoms with Crippen LogP contribution in [0.1, 0.15) is 52.9 Å². The second kappa shape index (κ2) is 6.27. The van der Waals surface area contributed by atoms with Crippen molar-refractivity contribution >= 4 is 0 Å². The van der Waals surface area contributed by atoms with Crippen molar-refractivity contribution < 1.29 is 4.74 Å². The van der Waals surface area contributed by atoms with Crippen molar-refractivity contribution in [3.05, 3.63) is 0 Å². The van der Waals surface area contributed by atoms with Crippen molar-refractivity contribution in [2.45, 2.75) is 64.5 Å². The van der Waals surface area contributed by atoms with Crippen LogP contribution >= 0.6 is 0 Å². The molecule has 0 aromatic carbocycles. The first kappa shape index (κ1) is 13.5. The highest BCUT2D eigenvalue weighted by molar-refractivity contribution is 5.04. The average molecular weight is 223 g/mol. The Morgan fingerprint density at radius 3 is 2.88 bits per heavy atom. The first-order chi connectivity index (χ1) is 7.64. The zero-order valence-corrected chi connectivity index (χ0v) is 10.9. The summed E-state index contributed by atoms with van der Waals surface area (Å²) in [5, 5.41) is 0. The maximum Gasteiger partial charge on any atom is 0.0844 e. The number of ether oxygens (including phenoxy) is 1. The zero-order chi connectivity index (χ0) is 12.0. The quantitative estimate of drug-likeness (QED) is 0.744. The standard InChI is InChI=1S/C14H25NO/c1-4-6-9-13(15)14(16-5-2)10-7-8-12(3)11-14/h12-13H,5,7-11,15H2,1-3H3. The summed E-state index contributed by atoms with van der Waals surface area (Å²) in [7, 11) is 0. The van der Waals surface area contributed by atoms with Gasteiger partial charge in [0.2, 0.25) is 0 Å². The fourth-order valence-corrected chi connectivity index (χ4v) is 2.80. The largest absolute Gasteiger partial charge is 0.374 e. The molecule has 0 aromatic rings. The third-order valence-electron chi connectivity index (χ3n) is 3.60. The third kappa shape index (κ3) is 3.23. The molecule has 0 heterocycles. The predicted octanol–water partition coefficient (Wildman–Crippen LogP) is 2.71. The summed E-state index contributed by atoms with van der Waals surface area (Å²) in [4.78, 5) is 0. The van der Waals surface area contributed by atoms with E-state index < -0.39 is 0 Å². The van der Waals surface area contributed by atoms with Crippen LogP contribution in [0.4, 0.5) is 0 Å². The van der Waals surface area contributed by atoms with E-state index in [1.165, 1.54) is 12.8 Å². The van der Waals surface area contributed by atoms with Crippen molar-refractivity contribution in [1.29, 1.82) is 0 Å². The average Bonchev–Trinajstić information content (AvgIpc) is 2.26. The van der Waals surface area contributed by atoms with E-state index in [0.29, 0.717) is 0 Å². The molecule has 0 aliphatic heterocycles. The molecule has 2 nitrogen and oxygen atoms in total. The normalized spacial score (nSPS) is 31.6. The van der Waals surface area contributed by atoms with Crippen LogP contribution in [0, 0.1) is 17.8 Å². The van der Waals surface area contributed by atoms with E-state index in [9.17, 15) is 0 Å². The minimum Gasteiger partial charge on any atom is -0.374 e. The van der Waals surface area contributed by atoms with Crippen LogP contribution < -0.4 is 5.73 Å². The SMILES string of the molecule is CC#CCC(N)C1(OCC)CCCC(C)C1. The highest BCUT2D eigenvalue weighted by Crippen LogP contribution is 2.37. The molecule has 0 saturated heterocycles. The van der Waals surface area contributed by atoms with Gasteiger partial charge in [0.25, 0.3) is 0 Å². The van der Waals surface area contributed by atoms with Crippen LogP contribution in [0.15, 0.2) is 0 Å². The van der Waals surface area contributed by atoms with E-state index in [4.69, 9.17) is 10.5 Å². The van der Waals surface area contributed by atoms with E-state index in [2.05, 4.69) is 25.7 Å². The van der Waals surface area contributed by atoms with Crippen LogP contribution in [-0.2, 0) is 4.74 Å². The molecule has 3 unspecified atom stereocenters. The Morgan fingerprint density at radius 2 is 2.31 bits per heavy atom. The van der Waals surface area contributed by atoms with Gasteiger partial charge < -0.3 is 10.5 Å². The number of hydrogen-bond acceptors (Lipinski definition) is 2. The Labute approximate surface area is 99.9 Å². The molecule has 0 amide bonds. The lowest BCUT2D eigenvalue weighted by Gasteiger charge is -2.43. The molecule has 0 spiro atoms. The van der Waals surface area contributed by atoms with Gasteiger partial charge in [-0.1, -0.05) is 19.8 Å². The Morgan fingerprint density at radius 1 is 1.56 bits per heavy atom. The van der Waals surface area contributed by atoms with Gasteiger partial charge in [0.05, 0.1) is 5.60 Å². The molecule has 92 valence electrons. The van der Waals surface area contributed by atoms with Gasteiger partial charge in [0, 0.05) is 19.1 Å². The lowest BCUT2D eigenvalue weighted by Crippen LogP contribution is -2.52. The summed E-state index contributed by atoms with van der Waals surface area (Å²) in [6.45, 7) is 6.97. The molecule has 0 aromatic heterocycles. The molecular formula is C14H25NO. The fraction of sp³-hybridized carbons (Fsp3) is 0.857. The van der Waals surface area contributed by atoms with Gasteiger partial charge >= 0.3 is 0 Å². The summed E-state index contributed by atoms with van der Waals surface area (Å²) >= 11 is 0. The monoisotopic (exact) mass is 223 g/mol. The van der Waals surface area contributed by atoms with Crippen LogP contribution in [0.3, 0.4) is 0 Å². The minimum absolute atomic E-state index is 0.0580. The third-order valence-corrected chi connectivity index (χ3v) is 3.60.